The number of nitrogens with zero attached hydrogens (tertiary/aromatic N) is 1. The first-order valence-corrected chi connectivity index (χ1v) is 6.21. The topological polar surface area (TPSA) is 40.5 Å². The van der Waals surface area contributed by atoms with Crippen LogP contribution in [0, 0.1) is 5.82 Å². The van der Waals surface area contributed by atoms with Crippen molar-refractivity contribution in [1.82, 2.24) is 4.90 Å². The average molecular weight is 253 g/mol. The molecule has 0 aliphatic heterocycles. The van der Waals surface area contributed by atoms with E-state index in [2.05, 4.69) is 18.7 Å². The second-order valence-corrected chi connectivity index (χ2v) is 4.50. The minimum Gasteiger partial charge on any atom is -0.478 e. The highest BCUT2D eigenvalue weighted by atomic mass is 19.1. The van der Waals surface area contributed by atoms with Gasteiger partial charge in [-0.05, 0) is 32.0 Å². The fourth-order valence-corrected chi connectivity index (χ4v) is 2.12. The first kappa shape index (κ1) is 14.6. The van der Waals surface area contributed by atoms with Crippen LogP contribution in [0.25, 0.3) is 0 Å². The van der Waals surface area contributed by atoms with Gasteiger partial charge >= 0.3 is 5.97 Å². The van der Waals surface area contributed by atoms with Gasteiger partial charge < -0.3 is 5.11 Å². The van der Waals surface area contributed by atoms with Gasteiger partial charge in [-0.3, -0.25) is 4.90 Å². The van der Waals surface area contributed by atoms with Gasteiger partial charge in [-0.15, -0.1) is 0 Å². The number of aromatic carboxylic acids is 1. The van der Waals surface area contributed by atoms with Gasteiger partial charge in [0.25, 0.3) is 0 Å². The minimum absolute atomic E-state index is 0.0126. The number of hydrogen-bond acceptors (Lipinski definition) is 2. The van der Waals surface area contributed by atoms with Crippen LogP contribution < -0.4 is 0 Å². The Labute approximate surface area is 107 Å². The van der Waals surface area contributed by atoms with E-state index in [0.717, 1.165) is 18.9 Å². The molecule has 0 spiro atoms. The Morgan fingerprint density at radius 2 is 2.00 bits per heavy atom. The minimum atomic E-state index is -1.10. The fourth-order valence-electron chi connectivity index (χ4n) is 2.12. The van der Waals surface area contributed by atoms with Crippen molar-refractivity contribution in [2.75, 3.05) is 7.05 Å². The summed E-state index contributed by atoms with van der Waals surface area (Å²) < 4.78 is 13.8. The maximum atomic E-state index is 13.8. The smallest absolute Gasteiger partial charge is 0.335 e. The van der Waals surface area contributed by atoms with Gasteiger partial charge in [0.1, 0.15) is 5.82 Å². The van der Waals surface area contributed by atoms with E-state index in [1.165, 1.54) is 6.07 Å². The third-order valence-corrected chi connectivity index (χ3v) is 3.29. The Morgan fingerprint density at radius 3 is 2.44 bits per heavy atom. The Bertz CT molecular complexity index is 416. The van der Waals surface area contributed by atoms with Gasteiger partial charge in [-0.2, -0.15) is 0 Å². The lowest BCUT2D eigenvalue weighted by atomic mass is 10.1. The van der Waals surface area contributed by atoms with Crippen molar-refractivity contribution in [3.63, 3.8) is 0 Å². The molecule has 0 saturated carbocycles. The predicted molar refractivity (Wildman–Crippen MR) is 69.2 cm³/mol. The Morgan fingerprint density at radius 1 is 1.39 bits per heavy atom. The van der Waals surface area contributed by atoms with Crippen LogP contribution in [-0.2, 0) is 6.54 Å². The molecule has 0 aliphatic carbocycles. The predicted octanol–water partition coefficient (Wildman–Crippen LogP) is 3.14. The van der Waals surface area contributed by atoms with Crippen LogP contribution in [0.4, 0.5) is 4.39 Å². The molecule has 1 rings (SSSR count). The molecule has 1 aromatic rings. The normalized spacial score (nSPS) is 11.2. The summed E-state index contributed by atoms with van der Waals surface area (Å²) in [6.45, 7) is 4.71. The summed E-state index contributed by atoms with van der Waals surface area (Å²) in [5.74, 6) is -1.55. The van der Waals surface area contributed by atoms with E-state index >= 15 is 0 Å². The highest BCUT2D eigenvalue weighted by Gasteiger charge is 2.14. The summed E-state index contributed by atoms with van der Waals surface area (Å²) in [6.07, 6.45) is 2.03. The molecule has 18 heavy (non-hydrogen) atoms. The number of rotatable bonds is 6. The van der Waals surface area contributed by atoms with Crippen molar-refractivity contribution >= 4 is 5.97 Å². The summed E-state index contributed by atoms with van der Waals surface area (Å²) in [6, 6.07) is 4.50. The monoisotopic (exact) mass is 253 g/mol. The van der Waals surface area contributed by atoms with Crippen LogP contribution in [0.1, 0.15) is 42.6 Å². The number of hydrogen-bond donors (Lipinski definition) is 1. The molecule has 1 aromatic carbocycles. The molecule has 1 N–H and O–H groups in total. The highest BCUT2D eigenvalue weighted by molar-refractivity contribution is 5.87. The summed E-state index contributed by atoms with van der Waals surface area (Å²) >= 11 is 0. The summed E-state index contributed by atoms with van der Waals surface area (Å²) in [5, 5.41) is 8.77. The van der Waals surface area contributed by atoms with Gasteiger partial charge in [0, 0.05) is 18.2 Å². The first-order valence-electron chi connectivity index (χ1n) is 6.21. The van der Waals surface area contributed by atoms with Crippen LogP contribution >= 0.6 is 0 Å². The average Bonchev–Trinajstić information content (AvgIpc) is 2.33. The third-order valence-electron chi connectivity index (χ3n) is 3.29. The molecule has 0 heterocycles. The third kappa shape index (κ3) is 3.53. The molecule has 0 bridgehead atoms. The number of carbonyl (C=O) groups is 1. The molecule has 3 nitrogen and oxygen atoms in total. The van der Waals surface area contributed by atoms with Crippen molar-refractivity contribution in [3.8, 4) is 0 Å². The molecular weight excluding hydrogens is 233 g/mol. The molecule has 0 atom stereocenters. The lowest BCUT2D eigenvalue weighted by Crippen LogP contribution is -2.30. The molecule has 0 radical (unpaired) electrons. The lowest BCUT2D eigenvalue weighted by Gasteiger charge is -2.26. The van der Waals surface area contributed by atoms with E-state index in [0.29, 0.717) is 18.2 Å². The quantitative estimate of drug-likeness (QED) is 0.846. The summed E-state index contributed by atoms with van der Waals surface area (Å²) in [5.41, 5.74) is 0.524. The van der Waals surface area contributed by atoms with Crippen LogP contribution in [-0.4, -0.2) is 29.1 Å². The number of halogens is 1. The zero-order chi connectivity index (χ0) is 13.7. The molecular formula is C14H20FNO2. The largest absolute Gasteiger partial charge is 0.478 e. The van der Waals surface area contributed by atoms with Crippen molar-refractivity contribution in [2.45, 2.75) is 39.3 Å². The van der Waals surface area contributed by atoms with Crippen LogP contribution in [0.5, 0.6) is 0 Å². The Kier molecular flexibility index (Phi) is 5.28. The highest BCUT2D eigenvalue weighted by Crippen LogP contribution is 2.15. The maximum absolute atomic E-state index is 13.8. The molecule has 4 heteroatoms. The molecule has 0 aromatic heterocycles. The number of carboxylic acids is 1. The standard InChI is InChI=1S/C14H20FNO2/c1-4-12(5-2)16(3)9-11-7-6-10(14(17)18)8-13(11)15/h6-8,12H,4-5,9H2,1-3H3,(H,17,18). The molecule has 0 unspecified atom stereocenters. The van der Waals surface area contributed by atoms with Crippen molar-refractivity contribution in [2.24, 2.45) is 0 Å². The van der Waals surface area contributed by atoms with E-state index in [4.69, 9.17) is 5.11 Å². The SMILES string of the molecule is CCC(CC)N(C)Cc1ccc(C(=O)O)cc1F. The van der Waals surface area contributed by atoms with Crippen LogP contribution in [0.3, 0.4) is 0 Å². The van der Waals surface area contributed by atoms with Gasteiger partial charge in [-0.25, -0.2) is 9.18 Å². The second kappa shape index (κ2) is 6.50. The van der Waals surface area contributed by atoms with E-state index in [-0.39, 0.29) is 5.56 Å². The van der Waals surface area contributed by atoms with Gasteiger partial charge in [0.15, 0.2) is 0 Å². The molecule has 0 fully saturated rings. The van der Waals surface area contributed by atoms with E-state index in [1.54, 1.807) is 6.07 Å². The zero-order valence-electron chi connectivity index (χ0n) is 11.1. The molecule has 100 valence electrons. The van der Waals surface area contributed by atoms with Crippen molar-refractivity contribution < 1.29 is 14.3 Å². The van der Waals surface area contributed by atoms with Crippen molar-refractivity contribution in [3.05, 3.63) is 35.1 Å². The molecule has 0 saturated heterocycles. The zero-order valence-corrected chi connectivity index (χ0v) is 11.1. The second-order valence-electron chi connectivity index (χ2n) is 4.50. The summed E-state index contributed by atoms with van der Waals surface area (Å²) in [4.78, 5) is 12.8. The Balaban J connectivity index is 2.82. The summed E-state index contributed by atoms with van der Waals surface area (Å²) in [7, 11) is 1.96. The fraction of sp³-hybridized carbons (Fsp3) is 0.500. The van der Waals surface area contributed by atoms with Gasteiger partial charge in [-0.1, -0.05) is 19.9 Å². The Hall–Kier alpha value is -1.42. The molecule has 0 aliphatic rings. The number of benzene rings is 1. The van der Waals surface area contributed by atoms with Gasteiger partial charge in [0.05, 0.1) is 5.56 Å². The van der Waals surface area contributed by atoms with Crippen LogP contribution in [0.2, 0.25) is 0 Å². The lowest BCUT2D eigenvalue weighted by molar-refractivity contribution is 0.0696. The van der Waals surface area contributed by atoms with E-state index in [1.807, 2.05) is 7.05 Å². The van der Waals surface area contributed by atoms with Gasteiger partial charge in [0.2, 0.25) is 0 Å². The van der Waals surface area contributed by atoms with Crippen molar-refractivity contribution in [1.29, 1.82) is 0 Å². The maximum Gasteiger partial charge on any atom is 0.335 e. The van der Waals surface area contributed by atoms with E-state index in [9.17, 15) is 9.18 Å². The van der Waals surface area contributed by atoms with Crippen LogP contribution in [0.15, 0.2) is 18.2 Å². The first-order chi connectivity index (χ1) is 8.49. The number of carboxylic acid groups (broad SMARTS) is 1. The van der Waals surface area contributed by atoms with E-state index < -0.39 is 11.8 Å². The molecule has 0 amide bonds.